The summed E-state index contributed by atoms with van der Waals surface area (Å²) in [4.78, 5) is 21.9. The third-order valence-electron chi connectivity index (χ3n) is 6.50. The van der Waals surface area contributed by atoms with Crippen molar-refractivity contribution in [3.05, 3.63) is 123 Å². The molecule has 0 saturated heterocycles. The third kappa shape index (κ3) is 4.93. The van der Waals surface area contributed by atoms with Gasteiger partial charge in [-0.25, -0.2) is 4.39 Å². The van der Waals surface area contributed by atoms with Crippen molar-refractivity contribution in [2.24, 2.45) is 12.0 Å². The molecular formula is C30H27FN4O. The predicted molar refractivity (Wildman–Crippen MR) is 140 cm³/mol. The molecule has 0 spiro atoms. The van der Waals surface area contributed by atoms with Gasteiger partial charge in [-0.2, -0.15) is 5.10 Å². The molecule has 5 rings (SSSR count). The van der Waals surface area contributed by atoms with Crippen molar-refractivity contribution < 1.29 is 9.18 Å². The molecule has 180 valence electrons. The molecule has 3 heterocycles. The van der Waals surface area contributed by atoms with Gasteiger partial charge >= 0.3 is 0 Å². The van der Waals surface area contributed by atoms with Crippen LogP contribution in [0.1, 0.15) is 55.3 Å². The zero-order valence-corrected chi connectivity index (χ0v) is 20.6. The van der Waals surface area contributed by atoms with Gasteiger partial charge < -0.3 is 0 Å². The zero-order valence-electron chi connectivity index (χ0n) is 20.6. The molecule has 0 amide bonds. The number of carbonyl (C=O) groups excluding carboxylic acids is 1. The van der Waals surface area contributed by atoms with Gasteiger partial charge in [-0.05, 0) is 78.1 Å². The number of aliphatic imine (C=N–C) groups is 1. The number of rotatable bonds is 7. The van der Waals surface area contributed by atoms with Crippen LogP contribution in [0.15, 0.2) is 71.9 Å². The first-order valence-electron chi connectivity index (χ1n) is 11.9. The molecule has 0 fully saturated rings. The number of halogens is 1. The van der Waals surface area contributed by atoms with Gasteiger partial charge in [0.1, 0.15) is 11.5 Å². The highest BCUT2D eigenvalue weighted by Crippen LogP contribution is 2.25. The van der Waals surface area contributed by atoms with Gasteiger partial charge in [-0.1, -0.05) is 30.3 Å². The highest BCUT2D eigenvalue weighted by atomic mass is 19.1. The summed E-state index contributed by atoms with van der Waals surface area (Å²) in [5.74, 6) is -0.282. The maximum absolute atomic E-state index is 14.9. The third-order valence-corrected chi connectivity index (χ3v) is 6.50. The number of carbonyl (C=O) groups is 1. The van der Waals surface area contributed by atoms with Crippen molar-refractivity contribution in [3.8, 4) is 0 Å². The summed E-state index contributed by atoms with van der Waals surface area (Å²) in [6, 6.07) is 17.1. The van der Waals surface area contributed by atoms with Crippen molar-refractivity contribution >= 4 is 17.6 Å². The number of hydrogen-bond acceptors (Lipinski definition) is 4. The van der Waals surface area contributed by atoms with Crippen LogP contribution in [-0.4, -0.2) is 26.3 Å². The monoisotopic (exact) mass is 478 g/mol. The Hall–Kier alpha value is -4.19. The van der Waals surface area contributed by atoms with Crippen molar-refractivity contribution in [3.63, 3.8) is 0 Å². The molecule has 1 aliphatic rings. The van der Waals surface area contributed by atoms with Crippen molar-refractivity contribution in [1.82, 2.24) is 14.8 Å². The van der Waals surface area contributed by atoms with Gasteiger partial charge in [-0.3, -0.25) is 19.5 Å². The molecule has 4 aromatic rings. The molecule has 2 aromatic heterocycles. The highest BCUT2D eigenvalue weighted by Gasteiger charge is 2.18. The quantitative estimate of drug-likeness (QED) is 0.325. The van der Waals surface area contributed by atoms with Gasteiger partial charge in [0.25, 0.3) is 0 Å². The Morgan fingerprint density at radius 1 is 1.06 bits per heavy atom. The van der Waals surface area contributed by atoms with E-state index < -0.39 is 0 Å². The number of Topliss-reactive ketones (excluding diaryl/α,β-unsaturated/α-hetero) is 1. The van der Waals surface area contributed by atoms with Gasteiger partial charge in [0.05, 0.1) is 23.6 Å². The lowest BCUT2D eigenvalue weighted by Crippen LogP contribution is -2.11. The Bertz CT molecular complexity index is 1520. The van der Waals surface area contributed by atoms with E-state index in [-0.39, 0.29) is 18.0 Å². The minimum Gasteiger partial charge on any atom is -0.292 e. The first-order valence-corrected chi connectivity index (χ1v) is 11.9. The number of benzene rings is 2. The van der Waals surface area contributed by atoms with Crippen LogP contribution in [0.2, 0.25) is 0 Å². The summed E-state index contributed by atoms with van der Waals surface area (Å²) in [5.41, 5.74) is 8.59. The largest absolute Gasteiger partial charge is 0.292 e. The normalized spacial score (nSPS) is 12.7. The van der Waals surface area contributed by atoms with Gasteiger partial charge in [0, 0.05) is 31.6 Å². The van der Waals surface area contributed by atoms with E-state index in [1.54, 1.807) is 24.0 Å². The molecule has 0 bridgehead atoms. The van der Waals surface area contributed by atoms with Crippen molar-refractivity contribution in [1.29, 1.82) is 0 Å². The number of ketones is 1. The van der Waals surface area contributed by atoms with E-state index >= 15 is 0 Å². The van der Waals surface area contributed by atoms with Crippen molar-refractivity contribution in [2.45, 2.75) is 33.2 Å². The predicted octanol–water partition coefficient (Wildman–Crippen LogP) is 5.60. The average Bonchev–Trinajstić information content (AvgIpc) is 3.42. The lowest BCUT2D eigenvalue weighted by atomic mass is 9.94. The van der Waals surface area contributed by atoms with Crippen LogP contribution in [0.5, 0.6) is 0 Å². The second-order valence-electron chi connectivity index (χ2n) is 9.22. The Balaban J connectivity index is 1.33. The van der Waals surface area contributed by atoms with Crippen LogP contribution < -0.4 is 0 Å². The zero-order chi connectivity index (χ0) is 25.2. The van der Waals surface area contributed by atoms with E-state index in [4.69, 9.17) is 0 Å². The fraction of sp³-hybridized carbons (Fsp3) is 0.200. The molecule has 0 radical (unpaired) electrons. The number of pyridine rings is 1. The summed E-state index contributed by atoms with van der Waals surface area (Å²) in [7, 11) is 1.76. The number of nitrogens with zero attached hydrogens (tertiary/aromatic N) is 4. The molecule has 0 unspecified atom stereocenters. The second-order valence-corrected chi connectivity index (χ2v) is 9.22. The summed E-state index contributed by atoms with van der Waals surface area (Å²) in [6.07, 6.45) is 6.37. The molecule has 1 aliphatic heterocycles. The molecule has 36 heavy (non-hydrogen) atoms. The summed E-state index contributed by atoms with van der Waals surface area (Å²) in [5, 5.41) is 4.26. The minimum atomic E-state index is -0.254. The first-order chi connectivity index (χ1) is 17.4. The van der Waals surface area contributed by atoms with Gasteiger partial charge in [0.2, 0.25) is 0 Å². The minimum absolute atomic E-state index is 0.0280. The fourth-order valence-electron chi connectivity index (χ4n) is 4.62. The molecule has 6 heteroatoms. The summed E-state index contributed by atoms with van der Waals surface area (Å²) in [6.45, 7) is 4.31. The summed E-state index contributed by atoms with van der Waals surface area (Å²) >= 11 is 0. The Kier molecular flexibility index (Phi) is 6.42. The van der Waals surface area contributed by atoms with Gasteiger partial charge in [0.15, 0.2) is 5.78 Å². The smallest absolute Gasteiger partial charge is 0.185 e. The van der Waals surface area contributed by atoms with E-state index in [1.165, 1.54) is 6.07 Å². The lowest BCUT2D eigenvalue weighted by molar-refractivity contribution is 0.0983. The number of aromatic nitrogens is 3. The van der Waals surface area contributed by atoms with E-state index in [1.807, 2.05) is 56.3 Å². The molecule has 0 aliphatic carbocycles. The molecule has 5 nitrogen and oxygen atoms in total. The van der Waals surface area contributed by atoms with Crippen LogP contribution in [0.3, 0.4) is 0 Å². The maximum Gasteiger partial charge on any atom is 0.185 e. The molecule has 0 atom stereocenters. The second kappa shape index (κ2) is 9.82. The van der Waals surface area contributed by atoms with E-state index in [9.17, 15) is 9.18 Å². The van der Waals surface area contributed by atoms with Crippen LogP contribution in [0.25, 0.3) is 6.08 Å². The standard InChI is InChI=1S/C30H27FN4O/c1-19-12-27(31)23(16-22(19)17-30(36)29-13-20(2)34-35(29)3)14-21-7-9-26-24(15-21)18-33-28(26)10-8-25-6-4-5-11-32-25/h4-13,15-16H,14,17-18H2,1-3H3/b10-8+. The Morgan fingerprint density at radius 3 is 2.67 bits per heavy atom. The fourth-order valence-corrected chi connectivity index (χ4v) is 4.62. The van der Waals surface area contributed by atoms with E-state index in [0.29, 0.717) is 24.2 Å². The van der Waals surface area contributed by atoms with Crippen LogP contribution in [0, 0.1) is 19.7 Å². The van der Waals surface area contributed by atoms with Crippen LogP contribution >= 0.6 is 0 Å². The van der Waals surface area contributed by atoms with Crippen LogP contribution in [0.4, 0.5) is 4.39 Å². The molecule has 0 N–H and O–H groups in total. The van der Waals surface area contributed by atoms with Gasteiger partial charge in [-0.15, -0.1) is 0 Å². The maximum atomic E-state index is 14.9. The van der Waals surface area contributed by atoms with E-state index in [0.717, 1.165) is 44.9 Å². The number of allylic oxidation sites excluding steroid dienone is 1. The molecule has 2 aromatic carbocycles. The summed E-state index contributed by atoms with van der Waals surface area (Å²) < 4.78 is 16.5. The number of hydrogen-bond donors (Lipinski definition) is 0. The average molecular weight is 479 g/mol. The number of fused-ring (bicyclic) bond motifs is 1. The highest BCUT2D eigenvalue weighted by molar-refractivity contribution is 6.13. The van der Waals surface area contributed by atoms with Crippen LogP contribution in [-0.2, 0) is 26.4 Å². The topological polar surface area (TPSA) is 60.1 Å². The lowest BCUT2D eigenvalue weighted by Gasteiger charge is -2.11. The molecule has 0 saturated carbocycles. The van der Waals surface area contributed by atoms with E-state index in [2.05, 4.69) is 27.2 Å². The number of aryl methyl sites for hydroxylation is 3. The van der Waals surface area contributed by atoms with Crippen molar-refractivity contribution in [2.75, 3.05) is 0 Å². The Morgan fingerprint density at radius 2 is 1.92 bits per heavy atom. The Labute approximate surface area is 210 Å². The SMILES string of the molecule is Cc1cc(C(=O)Cc2cc(Cc3ccc4c(c3)CN=C4/C=C/c3ccccn3)c(F)cc2C)n(C)n1. The first kappa shape index (κ1) is 23.5. The molecular weight excluding hydrogens is 451 g/mol.